The van der Waals surface area contributed by atoms with Gasteiger partial charge in [-0.25, -0.2) is 9.18 Å². The normalized spacial score (nSPS) is 10.2. The molecule has 4 nitrogen and oxygen atoms in total. The first kappa shape index (κ1) is 20.4. The lowest BCUT2D eigenvalue weighted by Crippen LogP contribution is -2.09. The van der Waals surface area contributed by atoms with Crippen molar-refractivity contribution in [1.82, 2.24) is 0 Å². The van der Waals surface area contributed by atoms with Crippen LogP contribution in [0.5, 0.6) is 17.2 Å². The van der Waals surface area contributed by atoms with Crippen molar-refractivity contribution in [2.24, 2.45) is 0 Å². The number of carbonyl (C=O) groups is 1. The summed E-state index contributed by atoms with van der Waals surface area (Å²) in [6.07, 6.45) is 0. The first-order valence-corrected chi connectivity index (χ1v) is 8.54. The largest absolute Gasteiger partial charge is 0.497 e. The van der Waals surface area contributed by atoms with Gasteiger partial charge in [0.05, 0.1) is 18.7 Å². The van der Waals surface area contributed by atoms with E-state index in [-0.39, 0.29) is 28.5 Å². The molecule has 0 saturated heterocycles. The van der Waals surface area contributed by atoms with Crippen molar-refractivity contribution in [2.75, 3.05) is 13.7 Å². The van der Waals surface area contributed by atoms with E-state index < -0.39 is 16.3 Å². The van der Waals surface area contributed by atoms with Gasteiger partial charge >= 0.3 is 5.97 Å². The van der Waals surface area contributed by atoms with Crippen molar-refractivity contribution in [1.29, 1.82) is 0 Å². The van der Waals surface area contributed by atoms with E-state index in [1.807, 2.05) is 0 Å². The summed E-state index contributed by atoms with van der Waals surface area (Å²) in [5, 5.41) is 0.0102. The standard InChI is InChI=1S/C18H14Cl3FO4/c1-3-25-18(23)16(17(20)21)12-8-15(13(19)9-14(12)22)26-11-6-4-10(24-2)5-7-11/h4-9H,3H2,1-2H3. The highest BCUT2D eigenvalue weighted by molar-refractivity contribution is 6.61. The maximum atomic E-state index is 14.4. The summed E-state index contributed by atoms with van der Waals surface area (Å²) in [5.74, 6) is -0.457. The molecule has 0 heterocycles. The summed E-state index contributed by atoms with van der Waals surface area (Å²) in [5.41, 5.74) is -0.500. The molecule has 0 spiro atoms. The monoisotopic (exact) mass is 418 g/mol. The fourth-order valence-electron chi connectivity index (χ4n) is 2.06. The number of ether oxygens (including phenoxy) is 3. The minimum Gasteiger partial charge on any atom is -0.497 e. The minimum atomic E-state index is -0.857. The van der Waals surface area contributed by atoms with Gasteiger partial charge in [-0.15, -0.1) is 0 Å². The Morgan fingerprint density at radius 2 is 1.73 bits per heavy atom. The fourth-order valence-corrected chi connectivity index (χ4v) is 2.61. The molecule has 0 aliphatic heterocycles. The van der Waals surface area contributed by atoms with E-state index in [0.29, 0.717) is 11.5 Å². The van der Waals surface area contributed by atoms with Crippen LogP contribution in [0.4, 0.5) is 4.39 Å². The topological polar surface area (TPSA) is 44.8 Å². The number of esters is 1. The molecule has 0 saturated carbocycles. The third kappa shape index (κ3) is 4.81. The second kappa shape index (κ2) is 9.12. The van der Waals surface area contributed by atoms with Gasteiger partial charge < -0.3 is 14.2 Å². The molecule has 0 unspecified atom stereocenters. The molecule has 0 aliphatic carbocycles. The molecule has 26 heavy (non-hydrogen) atoms. The highest BCUT2D eigenvalue weighted by atomic mass is 35.5. The lowest BCUT2D eigenvalue weighted by molar-refractivity contribution is -0.136. The van der Waals surface area contributed by atoms with Crippen LogP contribution in [0.25, 0.3) is 5.57 Å². The van der Waals surface area contributed by atoms with E-state index in [0.717, 1.165) is 6.07 Å². The van der Waals surface area contributed by atoms with Crippen LogP contribution < -0.4 is 9.47 Å². The van der Waals surface area contributed by atoms with Crippen molar-refractivity contribution in [3.63, 3.8) is 0 Å². The Labute approximate surface area is 165 Å². The highest BCUT2D eigenvalue weighted by Gasteiger charge is 2.23. The fraction of sp³-hybridized carbons (Fsp3) is 0.167. The Hall–Kier alpha value is -1.95. The lowest BCUT2D eigenvalue weighted by atomic mass is 10.1. The van der Waals surface area contributed by atoms with Crippen LogP contribution in [0.1, 0.15) is 12.5 Å². The molecule has 2 rings (SSSR count). The Morgan fingerprint density at radius 1 is 1.12 bits per heavy atom. The number of carbonyl (C=O) groups excluding carboxylic acids is 1. The summed E-state index contributed by atoms with van der Waals surface area (Å²) in [6, 6.07) is 8.91. The minimum absolute atomic E-state index is 0.0102. The van der Waals surface area contributed by atoms with E-state index in [9.17, 15) is 9.18 Å². The molecule has 2 aromatic rings. The molecule has 0 amide bonds. The molecule has 0 N–H and O–H groups in total. The van der Waals surface area contributed by atoms with E-state index >= 15 is 0 Å². The Kier molecular flexibility index (Phi) is 7.14. The van der Waals surface area contributed by atoms with Crippen LogP contribution in [-0.4, -0.2) is 19.7 Å². The van der Waals surface area contributed by atoms with E-state index in [1.54, 1.807) is 31.2 Å². The molecular formula is C18H14Cl3FO4. The van der Waals surface area contributed by atoms with Gasteiger partial charge in [0.2, 0.25) is 0 Å². The lowest BCUT2D eigenvalue weighted by Gasteiger charge is -2.13. The smallest absolute Gasteiger partial charge is 0.341 e. The molecule has 138 valence electrons. The van der Waals surface area contributed by atoms with Gasteiger partial charge in [0.1, 0.15) is 33.1 Å². The van der Waals surface area contributed by atoms with Gasteiger partial charge in [-0.3, -0.25) is 0 Å². The quantitative estimate of drug-likeness (QED) is 0.426. The van der Waals surface area contributed by atoms with E-state index in [4.69, 9.17) is 49.0 Å². The van der Waals surface area contributed by atoms with Crippen LogP contribution in [0, 0.1) is 5.82 Å². The SMILES string of the molecule is CCOC(=O)C(=C(Cl)Cl)c1cc(Oc2ccc(OC)cc2)c(Cl)cc1F. The molecule has 2 aromatic carbocycles. The number of hydrogen-bond acceptors (Lipinski definition) is 4. The summed E-state index contributed by atoms with van der Waals surface area (Å²) < 4.78 is 29.5. The van der Waals surface area contributed by atoms with Gasteiger partial charge in [-0.2, -0.15) is 0 Å². The van der Waals surface area contributed by atoms with Crippen LogP contribution in [0.15, 0.2) is 40.9 Å². The summed E-state index contributed by atoms with van der Waals surface area (Å²) in [4.78, 5) is 12.1. The molecule has 0 atom stereocenters. The Balaban J connectivity index is 2.44. The second-order valence-electron chi connectivity index (χ2n) is 4.90. The summed E-state index contributed by atoms with van der Waals surface area (Å²) in [7, 11) is 1.54. The summed E-state index contributed by atoms with van der Waals surface area (Å²) >= 11 is 17.6. The number of hydrogen-bond donors (Lipinski definition) is 0. The van der Waals surface area contributed by atoms with Crippen LogP contribution in [-0.2, 0) is 9.53 Å². The van der Waals surface area contributed by atoms with E-state index in [2.05, 4.69) is 0 Å². The molecule has 0 bridgehead atoms. The number of halogens is 4. The second-order valence-corrected chi connectivity index (χ2v) is 6.25. The average Bonchev–Trinajstić information content (AvgIpc) is 2.59. The van der Waals surface area contributed by atoms with Gasteiger partial charge in [-0.1, -0.05) is 34.8 Å². The molecule has 0 aliphatic rings. The van der Waals surface area contributed by atoms with Crippen molar-refractivity contribution >= 4 is 46.3 Å². The highest BCUT2D eigenvalue weighted by Crippen LogP contribution is 2.37. The van der Waals surface area contributed by atoms with Crippen molar-refractivity contribution in [3.8, 4) is 17.2 Å². The first-order chi connectivity index (χ1) is 12.4. The maximum Gasteiger partial charge on any atom is 0.341 e. The molecule has 8 heteroatoms. The van der Waals surface area contributed by atoms with Gasteiger partial charge in [0.15, 0.2) is 0 Å². The predicted molar refractivity (Wildman–Crippen MR) is 99.7 cm³/mol. The number of methoxy groups -OCH3 is 1. The summed E-state index contributed by atoms with van der Waals surface area (Å²) in [6.45, 7) is 1.68. The zero-order valence-electron chi connectivity index (χ0n) is 13.8. The van der Waals surface area contributed by atoms with Crippen LogP contribution in [0.2, 0.25) is 5.02 Å². The van der Waals surface area contributed by atoms with Crippen molar-refractivity contribution < 1.29 is 23.4 Å². The number of rotatable bonds is 6. The Bertz CT molecular complexity index is 831. The average molecular weight is 420 g/mol. The molecular weight excluding hydrogens is 406 g/mol. The molecule has 0 fully saturated rings. The Morgan fingerprint density at radius 3 is 2.27 bits per heavy atom. The predicted octanol–water partition coefficient (Wildman–Crippen LogP) is 5.99. The van der Waals surface area contributed by atoms with Crippen LogP contribution in [0.3, 0.4) is 0 Å². The van der Waals surface area contributed by atoms with Crippen LogP contribution >= 0.6 is 34.8 Å². The third-order valence-electron chi connectivity index (χ3n) is 3.25. The molecule has 0 radical (unpaired) electrons. The number of benzene rings is 2. The van der Waals surface area contributed by atoms with E-state index in [1.165, 1.54) is 13.2 Å². The van der Waals surface area contributed by atoms with Gasteiger partial charge in [-0.05, 0) is 43.3 Å². The van der Waals surface area contributed by atoms with Gasteiger partial charge in [0.25, 0.3) is 0 Å². The molecule has 0 aromatic heterocycles. The van der Waals surface area contributed by atoms with Crippen molar-refractivity contribution in [2.45, 2.75) is 6.92 Å². The third-order valence-corrected chi connectivity index (χ3v) is 3.92. The first-order valence-electron chi connectivity index (χ1n) is 7.41. The zero-order valence-corrected chi connectivity index (χ0v) is 16.1. The van der Waals surface area contributed by atoms with Gasteiger partial charge in [0, 0.05) is 5.56 Å². The zero-order chi connectivity index (χ0) is 19.3. The maximum absolute atomic E-state index is 14.4. The van der Waals surface area contributed by atoms with Crippen molar-refractivity contribution in [3.05, 3.63) is 57.3 Å².